The number of aromatic hydroxyl groups is 1. The molecule has 60 valence electrons. The van der Waals surface area contributed by atoms with Gasteiger partial charge < -0.3 is 10.8 Å². The number of phenols is 1. The Morgan fingerprint density at radius 1 is 1.55 bits per heavy atom. The highest BCUT2D eigenvalue weighted by molar-refractivity contribution is 9.10. The third kappa shape index (κ3) is 1.73. The lowest BCUT2D eigenvalue weighted by molar-refractivity contribution is 0.470. The van der Waals surface area contributed by atoms with Crippen molar-refractivity contribution < 1.29 is 5.11 Å². The second-order valence-electron chi connectivity index (χ2n) is 2.47. The molecule has 0 aliphatic heterocycles. The number of nitrogens with two attached hydrogens (primary N) is 1. The highest BCUT2D eigenvalue weighted by Gasteiger charge is 2.06. The first-order valence-corrected chi connectivity index (χ1v) is 4.15. The molecule has 0 unspecified atom stereocenters. The number of phenolic OH excluding ortho intramolecular Hbond substituents is 1. The van der Waals surface area contributed by atoms with Crippen molar-refractivity contribution in [2.24, 2.45) is 5.73 Å². The van der Waals surface area contributed by atoms with E-state index >= 15 is 0 Å². The van der Waals surface area contributed by atoms with E-state index in [0.29, 0.717) is 4.47 Å². The Hall–Kier alpha value is -0.540. The fraction of sp³-hybridized carbons (Fsp3) is 0.250. The van der Waals surface area contributed by atoms with Gasteiger partial charge in [-0.3, -0.25) is 0 Å². The van der Waals surface area contributed by atoms with Crippen LogP contribution in [0.2, 0.25) is 0 Å². The summed E-state index contributed by atoms with van der Waals surface area (Å²) >= 11 is 3.25. The summed E-state index contributed by atoms with van der Waals surface area (Å²) in [6.07, 6.45) is 0. The Bertz CT molecular complexity index is 260. The van der Waals surface area contributed by atoms with Gasteiger partial charge in [-0.1, -0.05) is 12.1 Å². The maximum atomic E-state index is 9.25. The summed E-state index contributed by atoms with van der Waals surface area (Å²) in [7, 11) is 0. The number of rotatable bonds is 1. The highest BCUT2D eigenvalue weighted by Crippen LogP contribution is 2.29. The number of hydrogen-bond donors (Lipinski definition) is 2. The van der Waals surface area contributed by atoms with E-state index in [1.165, 1.54) is 0 Å². The van der Waals surface area contributed by atoms with Crippen molar-refractivity contribution in [3.63, 3.8) is 0 Å². The second-order valence-corrected chi connectivity index (χ2v) is 3.26. The third-order valence-corrected chi connectivity index (χ3v) is 2.36. The zero-order valence-corrected chi connectivity index (χ0v) is 7.80. The van der Waals surface area contributed by atoms with Crippen LogP contribution >= 0.6 is 15.9 Å². The average molecular weight is 216 g/mol. The van der Waals surface area contributed by atoms with Gasteiger partial charge in [0.05, 0.1) is 4.47 Å². The Morgan fingerprint density at radius 2 is 2.18 bits per heavy atom. The standard InChI is InChI=1S/C8H10BrNO/c1-5(10)6-3-2-4-7(11)8(6)9/h2-5,11H,10H2,1H3/t5-/m1/s1. The largest absolute Gasteiger partial charge is 0.507 e. The molecular weight excluding hydrogens is 206 g/mol. The summed E-state index contributed by atoms with van der Waals surface area (Å²) in [5, 5.41) is 9.25. The molecule has 0 spiro atoms. The summed E-state index contributed by atoms with van der Waals surface area (Å²) in [4.78, 5) is 0. The first-order valence-electron chi connectivity index (χ1n) is 3.36. The zero-order chi connectivity index (χ0) is 8.43. The molecule has 3 heteroatoms. The van der Waals surface area contributed by atoms with Gasteiger partial charge in [0.25, 0.3) is 0 Å². The fourth-order valence-corrected chi connectivity index (χ4v) is 1.51. The SMILES string of the molecule is C[C@@H](N)c1cccc(O)c1Br. The smallest absolute Gasteiger partial charge is 0.130 e. The summed E-state index contributed by atoms with van der Waals surface area (Å²) in [5.41, 5.74) is 6.56. The van der Waals surface area contributed by atoms with E-state index in [9.17, 15) is 5.11 Å². The van der Waals surface area contributed by atoms with E-state index in [2.05, 4.69) is 15.9 Å². The topological polar surface area (TPSA) is 46.2 Å². The van der Waals surface area contributed by atoms with Crippen molar-refractivity contribution in [2.45, 2.75) is 13.0 Å². The summed E-state index contributed by atoms with van der Waals surface area (Å²) in [5.74, 6) is 0.236. The van der Waals surface area contributed by atoms with Crippen molar-refractivity contribution in [3.8, 4) is 5.75 Å². The van der Waals surface area contributed by atoms with Crippen LogP contribution in [0.15, 0.2) is 22.7 Å². The molecule has 0 amide bonds. The van der Waals surface area contributed by atoms with Gasteiger partial charge in [-0.2, -0.15) is 0 Å². The van der Waals surface area contributed by atoms with Gasteiger partial charge in [0.2, 0.25) is 0 Å². The van der Waals surface area contributed by atoms with E-state index in [0.717, 1.165) is 5.56 Å². The van der Waals surface area contributed by atoms with Crippen LogP contribution in [0, 0.1) is 0 Å². The first kappa shape index (κ1) is 8.56. The van der Waals surface area contributed by atoms with Gasteiger partial charge in [0, 0.05) is 6.04 Å². The number of halogens is 1. The molecule has 0 aliphatic carbocycles. The van der Waals surface area contributed by atoms with Gasteiger partial charge in [-0.15, -0.1) is 0 Å². The molecule has 0 aliphatic rings. The average Bonchev–Trinajstić information content (AvgIpc) is 1.94. The molecule has 11 heavy (non-hydrogen) atoms. The Kier molecular flexibility index (Phi) is 2.52. The Labute approximate surface area is 74.2 Å². The Balaban J connectivity index is 3.17. The monoisotopic (exact) mass is 215 g/mol. The highest BCUT2D eigenvalue weighted by atomic mass is 79.9. The molecule has 3 N–H and O–H groups in total. The van der Waals surface area contributed by atoms with E-state index in [-0.39, 0.29) is 11.8 Å². The molecule has 2 nitrogen and oxygen atoms in total. The summed E-state index contributed by atoms with van der Waals surface area (Å²) < 4.78 is 0.690. The molecule has 1 aromatic rings. The van der Waals surface area contributed by atoms with E-state index in [1.54, 1.807) is 12.1 Å². The Morgan fingerprint density at radius 3 is 2.64 bits per heavy atom. The molecule has 0 fully saturated rings. The molecule has 0 aromatic heterocycles. The van der Waals surface area contributed by atoms with Crippen molar-refractivity contribution in [1.29, 1.82) is 0 Å². The number of hydrogen-bond acceptors (Lipinski definition) is 2. The zero-order valence-electron chi connectivity index (χ0n) is 6.21. The quantitative estimate of drug-likeness (QED) is 0.755. The van der Waals surface area contributed by atoms with Crippen LogP contribution in [0.3, 0.4) is 0 Å². The predicted octanol–water partition coefficient (Wildman–Crippen LogP) is 2.17. The third-order valence-electron chi connectivity index (χ3n) is 1.50. The summed E-state index contributed by atoms with van der Waals surface area (Å²) in [6.45, 7) is 1.87. The van der Waals surface area contributed by atoms with Gasteiger partial charge in [-0.25, -0.2) is 0 Å². The van der Waals surface area contributed by atoms with Crippen molar-refractivity contribution in [3.05, 3.63) is 28.2 Å². The molecular formula is C8H10BrNO. The van der Waals surface area contributed by atoms with Crippen molar-refractivity contribution >= 4 is 15.9 Å². The minimum Gasteiger partial charge on any atom is -0.507 e. The lowest BCUT2D eigenvalue weighted by atomic mass is 10.1. The second kappa shape index (κ2) is 3.24. The lowest BCUT2D eigenvalue weighted by Gasteiger charge is -2.08. The van der Waals surface area contributed by atoms with Crippen molar-refractivity contribution in [1.82, 2.24) is 0 Å². The molecule has 0 saturated heterocycles. The minimum atomic E-state index is -0.0588. The van der Waals surface area contributed by atoms with Gasteiger partial charge >= 0.3 is 0 Å². The number of benzene rings is 1. The molecule has 1 aromatic carbocycles. The maximum absolute atomic E-state index is 9.25. The maximum Gasteiger partial charge on any atom is 0.130 e. The lowest BCUT2D eigenvalue weighted by Crippen LogP contribution is -2.05. The predicted molar refractivity (Wildman–Crippen MR) is 48.4 cm³/mol. The van der Waals surface area contributed by atoms with Gasteiger partial charge in [-0.05, 0) is 34.5 Å². The molecule has 0 radical (unpaired) electrons. The van der Waals surface area contributed by atoms with E-state index in [4.69, 9.17) is 5.73 Å². The first-order chi connectivity index (χ1) is 5.13. The van der Waals surface area contributed by atoms with Crippen LogP contribution < -0.4 is 5.73 Å². The van der Waals surface area contributed by atoms with Crippen LogP contribution in [0.25, 0.3) is 0 Å². The van der Waals surface area contributed by atoms with Crippen LogP contribution in [0.4, 0.5) is 0 Å². The molecule has 0 saturated carbocycles. The molecule has 1 atom stereocenters. The van der Waals surface area contributed by atoms with Gasteiger partial charge in [0.15, 0.2) is 0 Å². The minimum absolute atomic E-state index is 0.0588. The van der Waals surface area contributed by atoms with Crippen molar-refractivity contribution in [2.75, 3.05) is 0 Å². The normalized spacial score (nSPS) is 13.0. The summed E-state index contributed by atoms with van der Waals surface area (Å²) in [6, 6.07) is 5.22. The van der Waals surface area contributed by atoms with Gasteiger partial charge in [0.1, 0.15) is 5.75 Å². The molecule has 0 heterocycles. The molecule has 1 rings (SSSR count). The fourth-order valence-electron chi connectivity index (χ4n) is 0.889. The van der Waals surface area contributed by atoms with E-state index in [1.807, 2.05) is 13.0 Å². The van der Waals surface area contributed by atoms with Crippen LogP contribution in [0.1, 0.15) is 18.5 Å². The molecule has 0 bridgehead atoms. The van der Waals surface area contributed by atoms with E-state index < -0.39 is 0 Å². The van der Waals surface area contributed by atoms with Crippen LogP contribution in [-0.2, 0) is 0 Å². The van der Waals surface area contributed by atoms with Crippen LogP contribution in [-0.4, -0.2) is 5.11 Å². The van der Waals surface area contributed by atoms with Crippen LogP contribution in [0.5, 0.6) is 5.75 Å².